The van der Waals surface area contributed by atoms with E-state index in [2.05, 4.69) is 26.1 Å². The molecular weight excluding hydrogens is 222 g/mol. The number of hydrogen-bond acceptors (Lipinski definition) is 2. The quantitative estimate of drug-likeness (QED) is 0.808. The van der Waals surface area contributed by atoms with Crippen molar-refractivity contribution in [2.24, 2.45) is 17.8 Å². The van der Waals surface area contributed by atoms with Gasteiger partial charge < -0.3 is 10.4 Å². The second kappa shape index (κ2) is 5.92. The number of rotatable bonds is 3. The highest BCUT2D eigenvalue weighted by Crippen LogP contribution is 2.33. The molecule has 2 N–H and O–H groups in total. The van der Waals surface area contributed by atoms with E-state index in [1.807, 2.05) is 0 Å². The van der Waals surface area contributed by atoms with Crippen LogP contribution in [0.3, 0.4) is 0 Å². The zero-order valence-corrected chi connectivity index (χ0v) is 12.4. The molecule has 0 aromatic heterocycles. The average Bonchev–Trinajstić information content (AvgIpc) is 2.31. The second-order valence-corrected chi connectivity index (χ2v) is 7.18. The molecule has 0 bridgehead atoms. The van der Waals surface area contributed by atoms with Gasteiger partial charge in [-0.05, 0) is 37.0 Å². The van der Waals surface area contributed by atoms with Crippen LogP contribution >= 0.6 is 0 Å². The summed E-state index contributed by atoms with van der Waals surface area (Å²) < 4.78 is 0. The molecule has 2 nitrogen and oxygen atoms in total. The maximum absolute atomic E-state index is 10.7. The largest absolute Gasteiger partial charge is 0.389 e. The lowest BCUT2D eigenvalue weighted by atomic mass is 9.76. The molecule has 2 aliphatic rings. The number of aliphatic hydroxyl groups is 1. The standard InChI is InChI=1S/C16H31NO/c1-12-6-5-9-16(18,10-12)11-17-15-8-4-7-13(2)14(15)3/h12-15,17-18H,4-11H2,1-3H3. The Morgan fingerprint density at radius 1 is 1.11 bits per heavy atom. The molecule has 0 saturated heterocycles. The summed E-state index contributed by atoms with van der Waals surface area (Å²) in [5.74, 6) is 2.27. The summed E-state index contributed by atoms with van der Waals surface area (Å²) in [5, 5.41) is 14.3. The Morgan fingerprint density at radius 3 is 2.61 bits per heavy atom. The molecule has 0 amide bonds. The lowest BCUT2D eigenvalue weighted by molar-refractivity contribution is -0.0169. The number of hydrogen-bond donors (Lipinski definition) is 2. The van der Waals surface area contributed by atoms with Crippen molar-refractivity contribution in [3.8, 4) is 0 Å². The molecule has 2 fully saturated rings. The van der Waals surface area contributed by atoms with E-state index >= 15 is 0 Å². The van der Waals surface area contributed by atoms with Crippen LogP contribution in [0.2, 0.25) is 0 Å². The van der Waals surface area contributed by atoms with Crippen molar-refractivity contribution in [2.45, 2.75) is 77.4 Å². The van der Waals surface area contributed by atoms with Crippen molar-refractivity contribution in [3.63, 3.8) is 0 Å². The van der Waals surface area contributed by atoms with Crippen molar-refractivity contribution in [1.29, 1.82) is 0 Å². The SMILES string of the molecule is CC1CCCC(O)(CNC2CCCC(C)C2C)C1. The molecule has 0 aromatic carbocycles. The van der Waals surface area contributed by atoms with Gasteiger partial charge in [0.15, 0.2) is 0 Å². The van der Waals surface area contributed by atoms with Gasteiger partial charge in [-0.1, -0.05) is 46.5 Å². The first kappa shape index (κ1) is 14.3. The van der Waals surface area contributed by atoms with Crippen molar-refractivity contribution >= 4 is 0 Å². The first-order valence-corrected chi connectivity index (χ1v) is 7.96. The van der Waals surface area contributed by atoms with Crippen molar-refractivity contribution in [3.05, 3.63) is 0 Å². The lowest BCUT2D eigenvalue weighted by Gasteiger charge is -2.40. The molecule has 2 heteroatoms. The van der Waals surface area contributed by atoms with Crippen LogP contribution in [0.1, 0.15) is 65.7 Å². The fraction of sp³-hybridized carbons (Fsp3) is 1.00. The smallest absolute Gasteiger partial charge is 0.0774 e. The van der Waals surface area contributed by atoms with E-state index in [4.69, 9.17) is 0 Å². The van der Waals surface area contributed by atoms with Crippen LogP contribution in [-0.4, -0.2) is 23.3 Å². The van der Waals surface area contributed by atoms with Gasteiger partial charge in [-0.2, -0.15) is 0 Å². The lowest BCUT2D eigenvalue weighted by Crippen LogP contribution is -2.50. The van der Waals surface area contributed by atoms with E-state index in [0.717, 1.165) is 31.2 Å². The molecule has 0 aromatic rings. The van der Waals surface area contributed by atoms with E-state index in [1.54, 1.807) is 0 Å². The minimum Gasteiger partial charge on any atom is -0.389 e. The first-order valence-electron chi connectivity index (χ1n) is 7.96. The van der Waals surface area contributed by atoms with Gasteiger partial charge in [0.2, 0.25) is 0 Å². The average molecular weight is 253 g/mol. The predicted octanol–water partition coefficient (Wildman–Crippen LogP) is 3.34. The normalized spacial score (nSPS) is 46.0. The summed E-state index contributed by atoms with van der Waals surface area (Å²) >= 11 is 0. The Hall–Kier alpha value is -0.0800. The molecule has 18 heavy (non-hydrogen) atoms. The van der Waals surface area contributed by atoms with Crippen LogP contribution in [0.4, 0.5) is 0 Å². The highest BCUT2D eigenvalue weighted by Gasteiger charge is 2.34. The van der Waals surface area contributed by atoms with Crippen molar-refractivity contribution in [2.75, 3.05) is 6.54 Å². The number of nitrogens with one attached hydrogen (secondary N) is 1. The van der Waals surface area contributed by atoms with Gasteiger partial charge >= 0.3 is 0 Å². The van der Waals surface area contributed by atoms with Crippen LogP contribution in [0.25, 0.3) is 0 Å². The fourth-order valence-corrected chi connectivity index (χ4v) is 3.98. The third kappa shape index (κ3) is 3.48. The molecular formula is C16H31NO. The Balaban J connectivity index is 1.83. The van der Waals surface area contributed by atoms with Gasteiger partial charge in [0, 0.05) is 12.6 Å². The van der Waals surface area contributed by atoms with Gasteiger partial charge in [0.1, 0.15) is 0 Å². The summed E-state index contributed by atoms with van der Waals surface area (Å²) in [6.07, 6.45) is 8.46. The molecule has 2 saturated carbocycles. The van der Waals surface area contributed by atoms with E-state index in [-0.39, 0.29) is 0 Å². The molecule has 2 aliphatic carbocycles. The van der Waals surface area contributed by atoms with Crippen LogP contribution in [-0.2, 0) is 0 Å². The molecule has 0 aliphatic heterocycles. The highest BCUT2D eigenvalue weighted by atomic mass is 16.3. The van der Waals surface area contributed by atoms with Crippen LogP contribution in [0, 0.1) is 17.8 Å². The Bertz CT molecular complexity index is 268. The summed E-state index contributed by atoms with van der Waals surface area (Å²) in [6, 6.07) is 0.620. The minimum atomic E-state index is -0.432. The Labute approximate surface area is 113 Å². The van der Waals surface area contributed by atoms with E-state index < -0.39 is 5.60 Å². The van der Waals surface area contributed by atoms with Crippen molar-refractivity contribution < 1.29 is 5.11 Å². The van der Waals surface area contributed by atoms with E-state index in [0.29, 0.717) is 12.0 Å². The maximum atomic E-state index is 10.7. The van der Waals surface area contributed by atoms with Crippen LogP contribution in [0.15, 0.2) is 0 Å². The summed E-state index contributed by atoms with van der Waals surface area (Å²) in [7, 11) is 0. The molecule has 5 unspecified atom stereocenters. The molecule has 0 radical (unpaired) electrons. The molecule has 106 valence electrons. The second-order valence-electron chi connectivity index (χ2n) is 7.18. The predicted molar refractivity (Wildman–Crippen MR) is 76.6 cm³/mol. The molecule has 0 heterocycles. The van der Waals surface area contributed by atoms with Crippen LogP contribution in [0.5, 0.6) is 0 Å². The monoisotopic (exact) mass is 253 g/mol. The van der Waals surface area contributed by atoms with E-state index in [9.17, 15) is 5.11 Å². The first-order chi connectivity index (χ1) is 8.50. The summed E-state index contributed by atoms with van der Waals surface area (Å²) in [6.45, 7) is 7.82. The third-order valence-corrected chi connectivity index (χ3v) is 5.47. The zero-order valence-electron chi connectivity index (χ0n) is 12.4. The van der Waals surface area contributed by atoms with E-state index in [1.165, 1.54) is 32.1 Å². The Morgan fingerprint density at radius 2 is 1.89 bits per heavy atom. The van der Waals surface area contributed by atoms with Gasteiger partial charge in [-0.3, -0.25) is 0 Å². The van der Waals surface area contributed by atoms with Gasteiger partial charge in [-0.15, -0.1) is 0 Å². The highest BCUT2D eigenvalue weighted by molar-refractivity contribution is 4.90. The Kier molecular flexibility index (Phi) is 4.71. The van der Waals surface area contributed by atoms with Gasteiger partial charge in [0.05, 0.1) is 5.60 Å². The molecule has 0 spiro atoms. The minimum absolute atomic E-state index is 0.432. The zero-order chi connectivity index (χ0) is 13.2. The topological polar surface area (TPSA) is 32.3 Å². The molecule has 5 atom stereocenters. The van der Waals surface area contributed by atoms with Crippen molar-refractivity contribution in [1.82, 2.24) is 5.32 Å². The molecule has 2 rings (SSSR count). The third-order valence-electron chi connectivity index (χ3n) is 5.47. The maximum Gasteiger partial charge on any atom is 0.0774 e. The van der Waals surface area contributed by atoms with Gasteiger partial charge in [0.25, 0.3) is 0 Å². The van der Waals surface area contributed by atoms with Crippen LogP contribution < -0.4 is 5.32 Å². The summed E-state index contributed by atoms with van der Waals surface area (Å²) in [4.78, 5) is 0. The fourth-order valence-electron chi connectivity index (χ4n) is 3.98. The van der Waals surface area contributed by atoms with Gasteiger partial charge in [-0.25, -0.2) is 0 Å². The summed E-state index contributed by atoms with van der Waals surface area (Å²) in [5.41, 5.74) is -0.432.